The maximum Gasteiger partial charge on any atom is 0.302 e. The Morgan fingerprint density at radius 2 is 2.04 bits per heavy atom. The molecule has 7 heteroatoms. The molecule has 0 radical (unpaired) electrons. The Morgan fingerprint density at radius 1 is 1.29 bits per heavy atom. The van der Waals surface area contributed by atoms with Gasteiger partial charge in [0.05, 0.1) is 11.9 Å². The maximum absolute atomic E-state index is 9.89. The quantitative estimate of drug-likeness (QED) is 0.666. The van der Waals surface area contributed by atoms with Crippen molar-refractivity contribution in [3.63, 3.8) is 0 Å². The second-order valence-corrected chi connectivity index (χ2v) is 5.53. The van der Waals surface area contributed by atoms with Crippen LogP contribution in [0.25, 0.3) is 0 Å². The van der Waals surface area contributed by atoms with Gasteiger partial charge in [-0.2, -0.15) is 5.01 Å². The van der Waals surface area contributed by atoms with Crippen LogP contribution in [0.4, 0.5) is 5.69 Å². The summed E-state index contributed by atoms with van der Waals surface area (Å²) in [5, 5.41) is 20.1. The van der Waals surface area contributed by atoms with E-state index in [0.29, 0.717) is 16.6 Å². The molecule has 0 amide bonds. The molecule has 24 heavy (non-hydrogen) atoms. The number of hydrazone groups is 1. The standard InChI is InChI=1S/C17H16ClN3O3/c1-12-20-21(17(22)24-12)16-5-3-2-4-14(16)11-23-19-10-13-6-8-15(18)9-7-13/h2-10,17,22H,11H2,1H3/b19-10+. The second-order valence-electron chi connectivity index (χ2n) is 5.10. The number of aliphatic hydroxyl groups excluding tert-OH is 1. The molecule has 0 saturated carbocycles. The van der Waals surface area contributed by atoms with Crippen LogP contribution >= 0.6 is 11.6 Å². The number of hydrogen-bond donors (Lipinski definition) is 1. The van der Waals surface area contributed by atoms with Gasteiger partial charge >= 0.3 is 6.41 Å². The lowest BCUT2D eigenvalue weighted by molar-refractivity contribution is -0.0124. The Bertz CT molecular complexity index is 762. The highest BCUT2D eigenvalue weighted by atomic mass is 35.5. The van der Waals surface area contributed by atoms with Gasteiger partial charge in [0.25, 0.3) is 0 Å². The van der Waals surface area contributed by atoms with Crippen LogP contribution < -0.4 is 5.01 Å². The molecule has 124 valence electrons. The number of oxime groups is 1. The molecule has 2 aromatic carbocycles. The van der Waals surface area contributed by atoms with E-state index in [0.717, 1.165) is 11.1 Å². The van der Waals surface area contributed by atoms with Crippen LogP contribution in [0.5, 0.6) is 0 Å². The lowest BCUT2D eigenvalue weighted by Gasteiger charge is -2.19. The molecule has 0 spiro atoms. The van der Waals surface area contributed by atoms with E-state index < -0.39 is 6.41 Å². The molecule has 6 nitrogen and oxygen atoms in total. The molecular formula is C17H16ClN3O3. The Balaban J connectivity index is 1.66. The molecule has 2 aromatic rings. The van der Waals surface area contributed by atoms with Gasteiger partial charge in [-0.25, -0.2) is 0 Å². The van der Waals surface area contributed by atoms with Crippen molar-refractivity contribution in [1.82, 2.24) is 0 Å². The topological polar surface area (TPSA) is 66.7 Å². The second kappa shape index (κ2) is 7.33. The Morgan fingerprint density at radius 3 is 2.75 bits per heavy atom. The normalized spacial score (nSPS) is 17.0. The lowest BCUT2D eigenvalue weighted by atomic mass is 10.2. The molecule has 1 atom stereocenters. The molecule has 1 N–H and O–H groups in total. The van der Waals surface area contributed by atoms with Crippen molar-refractivity contribution < 1.29 is 14.7 Å². The van der Waals surface area contributed by atoms with Gasteiger partial charge in [0.2, 0.25) is 5.90 Å². The number of aliphatic hydroxyl groups is 1. The van der Waals surface area contributed by atoms with Gasteiger partial charge in [-0.3, -0.25) is 0 Å². The van der Waals surface area contributed by atoms with Gasteiger partial charge in [0.15, 0.2) is 0 Å². The third-order valence-electron chi connectivity index (χ3n) is 3.34. The predicted octanol–water partition coefficient (Wildman–Crippen LogP) is 3.34. The highest BCUT2D eigenvalue weighted by Crippen LogP contribution is 2.26. The summed E-state index contributed by atoms with van der Waals surface area (Å²) in [4.78, 5) is 5.36. The van der Waals surface area contributed by atoms with E-state index in [-0.39, 0.29) is 6.61 Å². The van der Waals surface area contributed by atoms with Crippen LogP contribution in [0.2, 0.25) is 5.02 Å². The summed E-state index contributed by atoms with van der Waals surface area (Å²) in [7, 11) is 0. The number of hydrogen-bond acceptors (Lipinski definition) is 6. The van der Waals surface area contributed by atoms with E-state index in [9.17, 15) is 5.11 Å². The zero-order valence-corrected chi connectivity index (χ0v) is 13.7. The first-order valence-electron chi connectivity index (χ1n) is 7.31. The summed E-state index contributed by atoms with van der Waals surface area (Å²) in [5.41, 5.74) is 2.41. The summed E-state index contributed by atoms with van der Waals surface area (Å²) in [6, 6.07) is 14.7. The van der Waals surface area contributed by atoms with Gasteiger partial charge in [-0.15, -0.1) is 5.10 Å². The number of nitrogens with zero attached hydrogens (tertiary/aromatic N) is 3. The third-order valence-corrected chi connectivity index (χ3v) is 3.59. The number of rotatable bonds is 5. The van der Waals surface area contributed by atoms with E-state index in [1.54, 1.807) is 25.3 Å². The summed E-state index contributed by atoms with van der Waals surface area (Å²) in [6.45, 7) is 1.91. The van der Waals surface area contributed by atoms with Crippen molar-refractivity contribution in [3.05, 3.63) is 64.7 Å². The minimum Gasteiger partial charge on any atom is -0.430 e. The van der Waals surface area contributed by atoms with E-state index in [1.165, 1.54) is 5.01 Å². The number of para-hydroxylation sites is 1. The zero-order valence-electron chi connectivity index (χ0n) is 13.0. The average molecular weight is 346 g/mol. The molecule has 1 heterocycles. The smallest absolute Gasteiger partial charge is 0.302 e. The minimum atomic E-state index is -1.14. The average Bonchev–Trinajstić information content (AvgIpc) is 2.92. The molecular weight excluding hydrogens is 330 g/mol. The molecule has 1 unspecified atom stereocenters. The summed E-state index contributed by atoms with van der Waals surface area (Å²) < 4.78 is 5.13. The summed E-state index contributed by atoms with van der Waals surface area (Å²) >= 11 is 5.83. The van der Waals surface area contributed by atoms with Crippen molar-refractivity contribution in [2.75, 3.05) is 5.01 Å². The summed E-state index contributed by atoms with van der Waals surface area (Å²) in [6.07, 6.45) is 0.471. The van der Waals surface area contributed by atoms with Crippen molar-refractivity contribution >= 4 is 29.4 Å². The Labute approximate surface area is 144 Å². The molecule has 3 rings (SSSR count). The van der Waals surface area contributed by atoms with Gasteiger partial charge in [-0.1, -0.05) is 47.1 Å². The maximum atomic E-state index is 9.89. The van der Waals surface area contributed by atoms with Crippen LogP contribution in [0.1, 0.15) is 18.1 Å². The van der Waals surface area contributed by atoms with Crippen LogP contribution in [-0.2, 0) is 16.2 Å². The first-order chi connectivity index (χ1) is 11.6. The van der Waals surface area contributed by atoms with Crippen molar-refractivity contribution in [2.45, 2.75) is 19.9 Å². The highest BCUT2D eigenvalue weighted by Gasteiger charge is 2.26. The van der Waals surface area contributed by atoms with Crippen LogP contribution in [0.15, 0.2) is 58.8 Å². The van der Waals surface area contributed by atoms with E-state index in [2.05, 4.69) is 10.3 Å². The van der Waals surface area contributed by atoms with Crippen molar-refractivity contribution in [1.29, 1.82) is 0 Å². The largest absolute Gasteiger partial charge is 0.430 e. The van der Waals surface area contributed by atoms with Crippen molar-refractivity contribution in [3.8, 4) is 0 Å². The molecule has 0 fully saturated rings. The van der Waals surface area contributed by atoms with Crippen LogP contribution in [-0.4, -0.2) is 23.6 Å². The number of anilines is 1. The van der Waals surface area contributed by atoms with Crippen LogP contribution in [0, 0.1) is 0 Å². The fourth-order valence-electron chi connectivity index (χ4n) is 2.21. The molecule has 1 aliphatic rings. The third kappa shape index (κ3) is 3.84. The Kier molecular flexibility index (Phi) is 4.98. The predicted molar refractivity (Wildman–Crippen MR) is 93.0 cm³/mol. The summed E-state index contributed by atoms with van der Waals surface area (Å²) in [5.74, 6) is 0.402. The van der Waals surface area contributed by atoms with E-state index in [1.807, 2.05) is 36.4 Å². The van der Waals surface area contributed by atoms with Gasteiger partial charge in [0, 0.05) is 17.5 Å². The number of benzene rings is 2. The molecule has 0 bridgehead atoms. The van der Waals surface area contributed by atoms with Gasteiger partial charge in [0.1, 0.15) is 6.61 Å². The lowest BCUT2D eigenvalue weighted by Crippen LogP contribution is -2.28. The van der Waals surface area contributed by atoms with Crippen molar-refractivity contribution in [2.24, 2.45) is 10.3 Å². The first kappa shape index (κ1) is 16.3. The molecule has 0 aliphatic carbocycles. The van der Waals surface area contributed by atoms with Gasteiger partial charge in [-0.05, 0) is 23.8 Å². The van der Waals surface area contributed by atoms with E-state index >= 15 is 0 Å². The zero-order chi connectivity index (χ0) is 16.9. The number of halogens is 1. The fourth-order valence-corrected chi connectivity index (χ4v) is 2.34. The van der Waals surface area contributed by atoms with E-state index in [4.69, 9.17) is 21.2 Å². The monoisotopic (exact) mass is 345 g/mol. The minimum absolute atomic E-state index is 0.234. The molecule has 0 aromatic heterocycles. The molecule has 1 aliphatic heterocycles. The Hall–Kier alpha value is -2.57. The first-order valence-corrected chi connectivity index (χ1v) is 7.69. The van der Waals surface area contributed by atoms with Gasteiger partial charge < -0.3 is 14.7 Å². The van der Waals surface area contributed by atoms with Crippen LogP contribution in [0.3, 0.4) is 0 Å². The number of ether oxygens (including phenoxy) is 1. The highest BCUT2D eigenvalue weighted by molar-refractivity contribution is 6.30. The SMILES string of the molecule is CC1=NN(c2ccccc2CO/N=C/c2ccc(Cl)cc2)C(O)O1. The molecule has 0 saturated heterocycles. The fraction of sp³-hybridized carbons (Fsp3) is 0.176.